The largest absolute Gasteiger partial charge is 0.450 e. The molecule has 4 rings (SSSR count). The number of ether oxygens (including phenoxy) is 1. The van der Waals surface area contributed by atoms with Gasteiger partial charge in [0, 0.05) is 35.5 Å². The summed E-state index contributed by atoms with van der Waals surface area (Å²) in [6.07, 6.45) is 3.41. The van der Waals surface area contributed by atoms with E-state index in [0.29, 0.717) is 19.7 Å². The van der Waals surface area contributed by atoms with Crippen molar-refractivity contribution in [3.63, 3.8) is 0 Å². The smallest absolute Gasteiger partial charge is 0.409 e. The van der Waals surface area contributed by atoms with Crippen LogP contribution in [0.3, 0.4) is 0 Å². The Hall–Kier alpha value is -2.27. The predicted octanol–water partition coefficient (Wildman–Crippen LogP) is 5.05. The first-order valence-corrected chi connectivity index (χ1v) is 10.5. The first-order chi connectivity index (χ1) is 13.2. The van der Waals surface area contributed by atoms with Crippen LogP contribution < -0.4 is 0 Å². The van der Waals surface area contributed by atoms with Crippen LogP contribution in [0, 0.1) is 6.92 Å². The number of fused-ring (bicyclic) bond motifs is 2. The van der Waals surface area contributed by atoms with Gasteiger partial charge in [0.15, 0.2) is 0 Å². The number of hydrogen-bond acceptors (Lipinski definition) is 4. The fourth-order valence-corrected chi connectivity index (χ4v) is 4.94. The number of piperidine rings is 1. The van der Waals surface area contributed by atoms with E-state index in [4.69, 9.17) is 9.72 Å². The topological polar surface area (TPSA) is 42.4 Å². The number of amides is 1. The van der Waals surface area contributed by atoms with E-state index in [1.165, 1.54) is 32.7 Å². The van der Waals surface area contributed by atoms with Crippen LogP contribution in [0.25, 0.3) is 5.57 Å². The first-order valence-electron chi connectivity index (χ1n) is 9.49. The summed E-state index contributed by atoms with van der Waals surface area (Å²) in [5.74, 6) is 0.936. The normalized spacial score (nSPS) is 16.4. The lowest BCUT2D eigenvalue weighted by molar-refractivity contribution is 0.104. The van der Waals surface area contributed by atoms with Gasteiger partial charge in [-0.3, -0.25) is 4.98 Å². The van der Waals surface area contributed by atoms with E-state index in [1.807, 2.05) is 35.8 Å². The SMILES string of the molecule is CCOC(=O)N1CCC(=C2c3ccc(C)cc3SCc3cccnc32)CC1. The highest BCUT2D eigenvalue weighted by molar-refractivity contribution is 7.98. The predicted molar refractivity (Wildman–Crippen MR) is 109 cm³/mol. The van der Waals surface area contributed by atoms with Gasteiger partial charge in [-0.25, -0.2) is 4.79 Å². The summed E-state index contributed by atoms with van der Waals surface area (Å²) in [5.41, 5.74) is 7.61. The monoisotopic (exact) mass is 380 g/mol. The molecule has 1 aromatic heterocycles. The van der Waals surface area contributed by atoms with Gasteiger partial charge < -0.3 is 9.64 Å². The van der Waals surface area contributed by atoms with Gasteiger partial charge >= 0.3 is 6.09 Å². The second kappa shape index (κ2) is 7.77. The van der Waals surface area contributed by atoms with Crippen molar-refractivity contribution in [2.45, 2.75) is 37.3 Å². The van der Waals surface area contributed by atoms with Crippen molar-refractivity contribution < 1.29 is 9.53 Å². The quantitative estimate of drug-likeness (QED) is 0.694. The van der Waals surface area contributed by atoms with Crippen LogP contribution >= 0.6 is 11.8 Å². The number of carbonyl (C=O) groups is 1. The fraction of sp³-hybridized carbons (Fsp3) is 0.364. The molecule has 0 N–H and O–H groups in total. The van der Waals surface area contributed by atoms with Crippen molar-refractivity contribution in [3.8, 4) is 0 Å². The highest BCUT2D eigenvalue weighted by atomic mass is 32.2. The van der Waals surface area contributed by atoms with Crippen LogP contribution in [0.1, 0.15) is 42.1 Å². The van der Waals surface area contributed by atoms with Crippen molar-refractivity contribution >= 4 is 23.4 Å². The third-order valence-electron chi connectivity index (χ3n) is 5.16. The standard InChI is InChI=1S/C22H24N2O2S/c1-3-26-22(25)24-11-8-16(9-12-24)20-18-7-6-15(2)13-19(18)27-14-17-5-4-10-23-21(17)20/h4-7,10,13H,3,8-9,11-12,14H2,1-2H3. The van der Waals surface area contributed by atoms with Crippen LogP contribution in [0.15, 0.2) is 47.0 Å². The molecule has 0 spiro atoms. The summed E-state index contributed by atoms with van der Waals surface area (Å²) in [5, 5.41) is 0. The van der Waals surface area contributed by atoms with Crippen molar-refractivity contribution in [1.82, 2.24) is 9.88 Å². The molecule has 27 heavy (non-hydrogen) atoms. The van der Waals surface area contributed by atoms with Crippen molar-refractivity contribution in [1.29, 1.82) is 0 Å². The summed E-state index contributed by atoms with van der Waals surface area (Å²) < 4.78 is 5.16. The minimum absolute atomic E-state index is 0.201. The second-order valence-corrected chi connectivity index (χ2v) is 7.98. The van der Waals surface area contributed by atoms with E-state index >= 15 is 0 Å². The molecule has 0 atom stereocenters. The van der Waals surface area contributed by atoms with Gasteiger partial charge in [0.1, 0.15) is 0 Å². The Balaban J connectivity index is 1.76. The Morgan fingerprint density at radius 3 is 2.85 bits per heavy atom. The van der Waals surface area contributed by atoms with Gasteiger partial charge in [-0.15, -0.1) is 11.8 Å². The zero-order chi connectivity index (χ0) is 18.8. The van der Waals surface area contributed by atoms with Crippen LogP contribution in [0.5, 0.6) is 0 Å². The summed E-state index contributed by atoms with van der Waals surface area (Å²) in [4.78, 5) is 19.9. The molecule has 0 saturated carbocycles. The maximum atomic E-state index is 12.0. The molecule has 0 aliphatic carbocycles. The van der Waals surface area contributed by atoms with E-state index in [2.05, 4.69) is 31.2 Å². The average molecular weight is 381 g/mol. The average Bonchev–Trinajstić information content (AvgIpc) is 2.85. The molecule has 2 aliphatic rings. The zero-order valence-electron chi connectivity index (χ0n) is 15.8. The van der Waals surface area contributed by atoms with Gasteiger partial charge in [0.2, 0.25) is 0 Å². The molecular formula is C22H24N2O2S. The fourth-order valence-electron chi connectivity index (χ4n) is 3.80. The number of nitrogens with zero attached hydrogens (tertiary/aromatic N) is 2. The number of rotatable bonds is 1. The first kappa shape index (κ1) is 18.1. The third-order valence-corrected chi connectivity index (χ3v) is 6.27. The maximum Gasteiger partial charge on any atom is 0.409 e. The zero-order valence-corrected chi connectivity index (χ0v) is 16.6. The van der Waals surface area contributed by atoms with Gasteiger partial charge in [0.05, 0.1) is 12.3 Å². The number of hydrogen-bond donors (Lipinski definition) is 0. The molecule has 5 heteroatoms. The Morgan fingerprint density at radius 2 is 2.07 bits per heavy atom. The Labute approximate surface area is 164 Å². The van der Waals surface area contributed by atoms with Gasteiger partial charge in [-0.2, -0.15) is 0 Å². The third kappa shape index (κ3) is 3.61. The minimum Gasteiger partial charge on any atom is -0.450 e. The Bertz CT molecular complexity index is 897. The maximum absolute atomic E-state index is 12.0. The van der Waals surface area contributed by atoms with Crippen molar-refractivity contribution in [2.24, 2.45) is 0 Å². The van der Waals surface area contributed by atoms with Crippen molar-refractivity contribution in [2.75, 3.05) is 19.7 Å². The molecule has 140 valence electrons. The second-order valence-electron chi connectivity index (χ2n) is 6.96. The van der Waals surface area contributed by atoms with Gasteiger partial charge in [0.25, 0.3) is 0 Å². The molecule has 1 aromatic carbocycles. The molecule has 0 unspecified atom stereocenters. The molecule has 3 heterocycles. The lowest BCUT2D eigenvalue weighted by Crippen LogP contribution is -2.37. The Kier molecular flexibility index (Phi) is 5.21. The van der Waals surface area contributed by atoms with E-state index in [-0.39, 0.29) is 6.09 Å². The number of carbonyl (C=O) groups excluding carboxylic acids is 1. The number of aromatic nitrogens is 1. The number of pyridine rings is 1. The van der Waals surface area contributed by atoms with Crippen molar-refractivity contribution in [3.05, 3.63) is 64.5 Å². The molecule has 2 aromatic rings. The number of aryl methyl sites for hydroxylation is 1. The van der Waals surface area contributed by atoms with Crippen LogP contribution in [0.4, 0.5) is 4.79 Å². The summed E-state index contributed by atoms with van der Waals surface area (Å²) in [7, 11) is 0. The molecular weight excluding hydrogens is 356 g/mol. The summed E-state index contributed by atoms with van der Waals surface area (Å²) >= 11 is 1.89. The minimum atomic E-state index is -0.201. The lowest BCUT2D eigenvalue weighted by Gasteiger charge is -2.29. The van der Waals surface area contributed by atoms with E-state index in [0.717, 1.165) is 24.3 Å². The van der Waals surface area contributed by atoms with E-state index < -0.39 is 0 Å². The highest BCUT2D eigenvalue weighted by Crippen LogP contribution is 2.42. The highest BCUT2D eigenvalue weighted by Gasteiger charge is 2.27. The number of likely N-dealkylation sites (tertiary alicyclic amines) is 1. The molecule has 1 amide bonds. The van der Waals surface area contributed by atoms with Crippen LogP contribution in [0.2, 0.25) is 0 Å². The lowest BCUT2D eigenvalue weighted by atomic mass is 9.89. The Morgan fingerprint density at radius 1 is 1.26 bits per heavy atom. The van der Waals surface area contributed by atoms with Crippen LogP contribution in [-0.2, 0) is 10.5 Å². The molecule has 0 bridgehead atoms. The van der Waals surface area contributed by atoms with E-state index in [1.54, 1.807) is 0 Å². The van der Waals surface area contributed by atoms with Gasteiger partial charge in [-0.05, 0) is 55.5 Å². The van der Waals surface area contributed by atoms with Crippen LogP contribution in [-0.4, -0.2) is 35.7 Å². The molecule has 0 radical (unpaired) electrons. The summed E-state index contributed by atoms with van der Waals surface area (Å²) in [6.45, 7) is 5.81. The molecule has 1 fully saturated rings. The molecule has 4 nitrogen and oxygen atoms in total. The van der Waals surface area contributed by atoms with E-state index in [9.17, 15) is 4.79 Å². The van der Waals surface area contributed by atoms with Gasteiger partial charge in [-0.1, -0.05) is 23.8 Å². The number of benzene rings is 1. The molecule has 1 saturated heterocycles. The molecule has 2 aliphatic heterocycles. The number of thioether (sulfide) groups is 1. The summed E-state index contributed by atoms with van der Waals surface area (Å²) in [6, 6.07) is 10.9.